The Morgan fingerprint density at radius 1 is 0.794 bits per heavy atom. The molecule has 0 saturated heterocycles. The molecule has 8 heteroatoms. The Hall–Kier alpha value is -4.33. The second-order valence-corrected chi connectivity index (χ2v) is 7.49. The van der Waals surface area contributed by atoms with Gasteiger partial charge in [-0.2, -0.15) is 0 Å². The molecule has 1 N–H and O–H groups in total. The van der Waals surface area contributed by atoms with E-state index in [1.54, 1.807) is 61.7 Å². The van der Waals surface area contributed by atoms with Gasteiger partial charge in [-0.1, -0.05) is 24.3 Å². The lowest BCUT2D eigenvalue weighted by atomic mass is 10.0. The first-order chi connectivity index (χ1) is 16.4. The number of hydrogen-bond acceptors (Lipinski definition) is 6. The van der Waals surface area contributed by atoms with Crippen LogP contribution < -0.4 is 19.5 Å². The predicted molar refractivity (Wildman–Crippen MR) is 125 cm³/mol. The molecule has 3 aromatic carbocycles. The number of nitrogens with zero attached hydrogens (tertiary/aromatic N) is 1. The summed E-state index contributed by atoms with van der Waals surface area (Å²) in [5.74, 6) is 0.268. The highest BCUT2D eigenvalue weighted by Crippen LogP contribution is 2.36. The number of imide groups is 1. The SMILES string of the molecule is COc1ccc(C2=C(Nc3cc(OC)ccc3OC)C(=O)N(Cc3ccc(F)cc3)C2=O)cc1. The lowest BCUT2D eigenvalue weighted by molar-refractivity contribution is -0.137. The number of amides is 2. The molecule has 3 aromatic rings. The third-order valence-corrected chi connectivity index (χ3v) is 5.47. The van der Waals surface area contributed by atoms with Crippen LogP contribution in [0.4, 0.5) is 10.1 Å². The Kier molecular flexibility index (Phi) is 6.49. The van der Waals surface area contributed by atoms with E-state index in [2.05, 4.69) is 5.32 Å². The van der Waals surface area contributed by atoms with Gasteiger partial charge in [0, 0.05) is 6.07 Å². The first-order valence-corrected chi connectivity index (χ1v) is 10.4. The normalized spacial score (nSPS) is 13.4. The van der Waals surface area contributed by atoms with Crippen LogP contribution in [0, 0.1) is 5.82 Å². The number of benzene rings is 3. The maximum Gasteiger partial charge on any atom is 0.278 e. The van der Waals surface area contributed by atoms with E-state index in [4.69, 9.17) is 14.2 Å². The molecular weight excluding hydrogens is 439 g/mol. The van der Waals surface area contributed by atoms with Crippen molar-refractivity contribution in [2.75, 3.05) is 26.6 Å². The Morgan fingerprint density at radius 3 is 2.06 bits per heavy atom. The van der Waals surface area contributed by atoms with Crippen LogP contribution in [0.3, 0.4) is 0 Å². The van der Waals surface area contributed by atoms with Crippen LogP contribution in [-0.2, 0) is 16.1 Å². The number of rotatable bonds is 8. The summed E-state index contributed by atoms with van der Waals surface area (Å²) < 4.78 is 29.3. The maximum atomic E-state index is 13.5. The minimum absolute atomic E-state index is 0.00196. The molecule has 2 amide bonds. The fraction of sp³-hybridized carbons (Fsp3) is 0.154. The largest absolute Gasteiger partial charge is 0.497 e. The molecule has 0 aliphatic carbocycles. The standard InChI is InChI=1S/C26H23FN2O5/c1-32-19-10-6-17(7-11-19)23-24(28-21-14-20(33-2)12-13-22(21)34-3)26(31)29(25(23)30)15-16-4-8-18(27)9-5-16/h4-14,28H,15H2,1-3H3. The molecule has 0 aromatic heterocycles. The number of anilines is 1. The van der Waals surface area contributed by atoms with Gasteiger partial charge in [0.25, 0.3) is 11.8 Å². The van der Waals surface area contributed by atoms with Crippen molar-refractivity contribution >= 4 is 23.1 Å². The van der Waals surface area contributed by atoms with Gasteiger partial charge in [-0.25, -0.2) is 4.39 Å². The van der Waals surface area contributed by atoms with Gasteiger partial charge >= 0.3 is 0 Å². The van der Waals surface area contributed by atoms with Gasteiger partial charge in [0.2, 0.25) is 0 Å². The van der Waals surface area contributed by atoms with Gasteiger partial charge in [-0.3, -0.25) is 14.5 Å². The second-order valence-electron chi connectivity index (χ2n) is 7.49. The maximum absolute atomic E-state index is 13.5. The van der Waals surface area contributed by atoms with Crippen LogP contribution in [0.5, 0.6) is 17.2 Å². The zero-order valence-corrected chi connectivity index (χ0v) is 18.9. The molecule has 0 bridgehead atoms. The highest BCUT2D eigenvalue weighted by atomic mass is 19.1. The summed E-state index contributed by atoms with van der Waals surface area (Å²) in [6.45, 7) is -0.00196. The van der Waals surface area contributed by atoms with E-state index in [-0.39, 0.29) is 17.8 Å². The van der Waals surface area contributed by atoms with Crippen molar-refractivity contribution in [1.82, 2.24) is 4.90 Å². The second kappa shape index (κ2) is 9.66. The molecule has 4 rings (SSSR count). The van der Waals surface area contributed by atoms with Crippen molar-refractivity contribution in [2.24, 2.45) is 0 Å². The fourth-order valence-electron chi connectivity index (χ4n) is 3.68. The summed E-state index contributed by atoms with van der Waals surface area (Å²) in [4.78, 5) is 28.1. The molecule has 0 saturated carbocycles. The number of carbonyl (C=O) groups is 2. The summed E-state index contributed by atoms with van der Waals surface area (Å²) in [6, 6.07) is 17.6. The molecule has 0 radical (unpaired) electrons. The van der Waals surface area contributed by atoms with Crippen molar-refractivity contribution in [2.45, 2.75) is 6.54 Å². The number of hydrogen-bond donors (Lipinski definition) is 1. The van der Waals surface area contributed by atoms with Gasteiger partial charge in [0.15, 0.2) is 0 Å². The summed E-state index contributed by atoms with van der Waals surface area (Å²) >= 11 is 0. The Balaban J connectivity index is 1.77. The first kappa shape index (κ1) is 22.8. The molecule has 174 valence electrons. The zero-order chi connectivity index (χ0) is 24.2. The van der Waals surface area contributed by atoms with E-state index in [0.717, 1.165) is 4.90 Å². The molecule has 1 aliphatic rings. The van der Waals surface area contributed by atoms with Crippen molar-refractivity contribution in [3.05, 3.63) is 89.4 Å². The first-order valence-electron chi connectivity index (χ1n) is 10.4. The molecule has 0 fully saturated rings. The van der Waals surface area contributed by atoms with Gasteiger partial charge in [-0.15, -0.1) is 0 Å². The molecule has 0 spiro atoms. The Morgan fingerprint density at radius 2 is 1.44 bits per heavy atom. The lowest BCUT2D eigenvalue weighted by Crippen LogP contribution is -2.32. The topological polar surface area (TPSA) is 77.1 Å². The van der Waals surface area contributed by atoms with E-state index in [9.17, 15) is 14.0 Å². The quantitative estimate of drug-likeness (QED) is 0.505. The molecule has 34 heavy (non-hydrogen) atoms. The monoisotopic (exact) mass is 462 g/mol. The van der Waals surface area contributed by atoms with E-state index in [1.807, 2.05) is 0 Å². The van der Waals surface area contributed by atoms with Crippen molar-refractivity contribution in [3.63, 3.8) is 0 Å². The molecular formula is C26H23FN2O5. The van der Waals surface area contributed by atoms with Crippen LogP contribution in [-0.4, -0.2) is 38.0 Å². The third kappa shape index (κ3) is 4.43. The Labute approximate surface area is 196 Å². The van der Waals surface area contributed by atoms with Gasteiger partial charge < -0.3 is 19.5 Å². The summed E-state index contributed by atoms with van der Waals surface area (Å²) in [5, 5.41) is 3.09. The highest BCUT2D eigenvalue weighted by Gasteiger charge is 2.39. The lowest BCUT2D eigenvalue weighted by Gasteiger charge is -2.16. The van der Waals surface area contributed by atoms with Crippen molar-refractivity contribution in [3.8, 4) is 17.2 Å². The van der Waals surface area contributed by atoms with E-state index >= 15 is 0 Å². The van der Waals surface area contributed by atoms with Crippen LogP contribution in [0.1, 0.15) is 11.1 Å². The summed E-state index contributed by atoms with van der Waals surface area (Å²) in [7, 11) is 4.58. The average Bonchev–Trinajstić information content (AvgIpc) is 3.09. The number of carbonyl (C=O) groups excluding carboxylic acids is 2. The van der Waals surface area contributed by atoms with Crippen molar-refractivity contribution < 1.29 is 28.2 Å². The number of ether oxygens (including phenoxy) is 3. The third-order valence-electron chi connectivity index (χ3n) is 5.47. The number of halogens is 1. The predicted octanol–water partition coefficient (Wildman–Crippen LogP) is 4.24. The van der Waals surface area contributed by atoms with E-state index < -0.39 is 17.6 Å². The van der Waals surface area contributed by atoms with Gasteiger partial charge in [0.1, 0.15) is 28.8 Å². The fourth-order valence-corrected chi connectivity index (χ4v) is 3.68. The van der Waals surface area contributed by atoms with Crippen LogP contribution in [0.2, 0.25) is 0 Å². The van der Waals surface area contributed by atoms with E-state index in [1.165, 1.54) is 26.4 Å². The summed E-state index contributed by atoms with van der Waals surface area (Å²) in [6.07, 6.45) is 0. The number of nitrogens with one attached hydrogen (secondary N) is 1. The minimum atomic E-state index is -0.509. The molecule has 7 nitrogen and oxygen atoms in total. The van der Waals surface area contributed by atoms with Crippen LogP contribution >= 0.6 is 0 Å². The smallest absolute Gasteiger partial charge is 0.278 e. The summed E-state index contributed by atoms with van der Waals surface area (Å²) in [5.41, 5.74) is 1.94. The Bertz CT molecular complexity index is 1250. The number of methoxy groups -OCH3 is 3. The minimum Gasteiger partial charge on any atom is -0.497 e. The van der Waals surface area contributed by atoms with E-state index in [0.29, 0.717) is 34.1 Å². The molecule has 1 heterocycles. The van der Waals surface area contributed by atoms with Gasteiger partial charge in [0.05, 0.1) is 39.1 Å². The molecule has 1 aliphatic heterocycles. The molecule has 0 atom stereocenters. The highest BCUT2D eigenvalue weighted by molar-refractivity contribution is 6.36. The average molecular weight is 462 g/mol. The zero-order valence-electron chi connectivity index (χ0n) is 18.9. The van der Waals surface area contributed by atoms with Crippen LogP contribution in [0.15, 0.2) is 72.4 Å². The van der Waals surface area contributed by atoms with Gasteiger partial charge in [-0.05, 0) is 47.5 Å². The van der Waals surface area contributed by atoms with Crippen molar-refractivity contribution in [1.29, 1.82) is 0 Å². The molecule has 0 unspecified atom stereocenters. The van der Waals surface area contributed by atoms with Crippen LogP contribution in [0.25, 0.3) is 5.57 Å².